The highest BCUT2D eigenvalue weighted by molar-refractivity contribution is 7.12. The Morgan fingerprint density at radius 1 is 1.29 bits per heavy atom. The van der Waals surface area contributed by atoms with Gasteiger partial charge in [-0.05, 0) is 36.1 Å². The number of nitrogen functional groups attached to an aromatic ring is 1. The van der Waals surface area contributed by atoms with E-state index in [0.717, 1.165) is 23.5 Å². The first-order chi connectivity index (χ1) is 8.02. The Balaban J connectivity index is 2.59. The predicted molar refractivity (Wildman–Crippen MR) is 63.3 cm³/mol. The van der Waals surface area contributed by atoms with Crippen LogP contribution in [0.4, 0.5) is 14.5 Å². The summed E-state index contributed by atoms with van der Waals surface area (Å²) in [5.41, 5.74) is 5.20. The molecule has 2 rings (SSSR count). The summed E-state index contributed by atoms with van der Waals surface area (Å²) in [5.74, 6) is -2.56. The third kappa shape index (κ3) is 1.93. The first-order valence-corrected chi connectivity index (χ1v) is 5.72. The van der Waals surface area contributed by atoms with Gasteiger partial charge in [0.2, 0.25) is 5.78 Å². The standard InChI is InChI=1S/C12H9F2NOS/c1-6-4-5-17-12(6)11(16)9-7(13)2-3-8(15)10(9)14/h2-5H,15H2,1H3. The van der Waals surface area contributed by atoms with Crippen LogP contribution in [0.15, 0.2) is 23.6 Å². The van der Waals surface area contributed by atoms with E-state index in [-0.39, 0.29) is 5.69 Å². The van der Waals surface area contributed by atoms with E-state index >= 15 is 0 Å². The lowest BCUT2D eigenvalue weighted by Gasteiger charge is -2.05. The van der Waals surface area contributed by atoms with E-state index in [9.17, 15) is 13.6 Å². The molecule has 5 heteroatoms. The molecule has 0 atom stereocenters. The molecule has 17 heavy (non-hydrogen) atoms. The summed E-state index contributed by atoms with van der Waals surface area (Å²) >= 11 is 1.15. The summed E-state index contributed by atoms with van der Waals surface area (Å²) in [4.78, 5) is 12.3. The number of halogens is 2. The summed E-state index contributed by atoms with van der Waals surface area (Å²) in [6, 6.07) is 3.82. The molecule has 0 radical (unpaired) electrons. The van der Waals surface area contributed by atoms with E-state index in [0.29, 0.717) is 10.4 Å². The molecule has 0 aliphatic carbocycles. The fourth-order valence-corrected chi connectivity index (χ4v) is 2.37. The highest BCUT2D eigenvalue weighted by Gasteiger charge is 2.22. The first-order valence-electron chi connectivity index (χ1n) is 4.84. The molecule has 0 bridgehead atoms. The molecule has 0 unspecified atom stereocenters. The van der Waals surface area contributed by atoms with Gasteiger partial charge < -0.3 is 5.73 Å². The molecular weight excluding hydrogens is 244 g/mol. The second-order valence-corrected chi connectivity index (χ2v) is 4.50. The molecule has 2 nitrogen and oxygen atoms in total. The van der Waals surface area contributed by atoms with E-state index in [1.165, 1.54) is 0 Å². The Bertz CT molecular complexity index is 592. The first kappa shape index (κ1) is 11.7. The van der Waals surface area contributed by atoms with Crippen molar-refractivity contribution >= 4 is 22.8 Å². The molecule has 2 N–H and O–H groups in total. The molecule has 1 heterocycles. The van der Waals surface area contributed by atoms with Crippen LogP contribution in [0.25, 0.3) is 0 Å². The molecule has 0 saturated heterocycles. The number of ketones is 1. The van der Waals surface area contributed by atoms with Gasteiger partial charge in [-0.1, -0.05) is 0 Å². The SMILES string of the molecule is Cc1ccsc1C(=O)c1c(F)ccc(N)c1F. The van der Waals surface area contributed by atoms with Crippen LogP contribution in [-0.2, 0) is 0 Å². The van der Waals surface area contributed by atoms with Crippen LogP contribution < -0.4 is 5.73 Å². The average molecular weight is 253 g/mol. The lowest BCUT2D eigenvalue weighted by molar-refractivity contribution is 0.103. The summed E-state index contributed by atoms with van der Waals surface area (Å²) in [6.45, 7) is 1.71. The third-order valence-corrected chi connectivity index (χ3v) is 3.43. The van der Waals surface area contributed by atoms with Crippen LogP contribution in [0.5, 0.6) is 0 Å². The highest BCUT2D eigenvalue weighted by atomic mass is 32.1. The van der Waals surface area contributed by atoms with Crippen molar-refractivity contribution in [1.29, 1.82) is 0 Å². The van der Waals surface area contributed by atoms with E-state index < -0.39 is 23.0 Å². The van der Waals surface area contributed by atoms with Gasteiger partial charge in [0, 0.05) is 0 Å². The number of hydrogen-bond acceptors (Lipinski definition) is 3. The van der Waals surface area contributed by atoms with Gasteiger partial charge in [-0.25, -0.2) is 8.78 Å². The fraction of sp³-hybridized carbons (Fsp3) is 0.0833. The lowest BCUT2D eigenvalue weighted by Crippen LogP contribution is -2.09. The van der Waals surface area contributed by atoms with Gasteiger partial charge in [0.15, 0.2) is 5.82 Å². The van der Waals surface area contributed by atoms with E-state index in [4.69, 9.17) is 5.73 Å². The predicted octanol–water partition coefficient (Wildman–Crippen LogP) is 3.15. The number of benzene rings is 1. The number of carbonyl (C=O) groups is 1. The van der Waals surface area contributed by atoms with Gasteiger partial charge in [0.05, 0.1) is 16.1 Å². The minimum atomic E-state index is -0.997. The van der Waals surface area contributed by atoms with Gasteiger partial charge in [-0.15, -0.1) is 11.3 Å². The zero-order chi connectivity index (χ0) is 12.6. The average Bonchev–Trinajstić information content (AvgIpc) is 2.70. The van der Waals surface area contributed by atoms with Crippen LogP contribution in [0.3, 0.4) is 0 Å². The van der Waals surface area contributed by atoms with Gasteiger partial charge in [0.25, 0.3) is 0 Å². The minimum absolute atomic E-state index is 0.232. The normalized spacial score (nSPS) is 10.5. The number of aryl methyl sites for hydroxylation is 1. The molecule has 0 spiro atoms. The van der Waals surface area contributed by atoms with Crippen molar-refractivity contribution in [2.75, 3.05) is 5.73 Å². The van der Waals surface area contributed by atoms with Crippen molar-refractivity contribution in [2.24, 2.45) is 0 Å². The minimum Gasteiger partial charge on any atom is -0.396 e. The van der Waals surface area contributed by atoms with Crippen LogP contribution in [0.2, 0.25) is 0 Å². The maximum atomic E-state index is 13.7. The number of nitrogens with two attached hydrogens (primary N) is 1. The second-order valence-electron chi connectivity index (χ2n) is 3.59. The fourth-order valence-electron chi connectivity index (χ4n) is 1.50. The molecule has 0 amide bonds. The Hall–Kier alpha value is -1.75. The van der Waals surface area contributed by atoms with Crippen molar-refractivity contribution < 1.29 is 13.6 Å². The van der Waals surface area contributed by atoms with Gasteiger partial charge in [-0.3, -0.25) is 4.79 Å². The van der Waals surface area contributed by atoms with Crippen molar-refractivity contribution in [2.45, 2.75) is 6.92 Å². The number of carbonyl (C=O) groups excluding carboxylic acids is 1. The van der Waals surface area contributed by atoms with Crippen LogP contribution in [0.1, 0.15) is 20.8 Å². The largest absolute Gasteiger partial charge is 0.396 e. The molecule has 0 saturated carbocycles. The lowest BCUT2D eigenvalue weighted by atomic mass is 10.1. The number of hydrogen-bond donors (Lipinski definition) is 1. The summed E-state index contributed by atoms with van der Waals surface area (Å²) in [5, 5.41) is 1.70. The monoisotopic (exact) mass is 253 g/mol. The van der Waals surface area contributed by atoms with Crippen LogP contribution >= 0.6 is 11.3 Å². The van der Waals surface area contributed by atoms with Crippen LogP contribution in [0, 0.1) is 18.6 Å². The van der Waals surface area contributed by atoms with Crippen molar-refractivity contribution in [1.82, 2.24) is 0 Å². The maximum absolute atomic E-state index is 13.7. The van der Waals surface area contributed by atoms with Crippen molar-refractivity contribution in [3.8, 4) is 0 Å². The van der Waals surface area contributed by atoms with Gasteiger partial charge >= 0.3 is 0 Å². The quantitative estimate of drug-likeness (QED) is 0.660. The zero-order valence-corrected chi connectivity index (χ0v) is 9.78. The smallest absolute Gasteiger partial charge is 0.209 e. The van der Waals surface area contributed by atoms with E-state index in [2.05, 4.69) is 0 Å². The zero-order valence-electron chi connectivity index (χ0n) is 8.96. The summed E-state index contributed by atoms with van der Waals surface area (Å²) in [7, 11) is 0. The van der Waals surface area contributed by atoms with Crippen LogP contribution in [-0.4, -0.2) is 5.78 Å². The van der Waals surface area contributed by atoms with E-state index in [1.54, 1.807) is 18.4 Å². The van der Waals surface area contributed by atoms with E-state index in [1.807, 2.05) is 0 Å². The molecule has 2 aromatic rings. The number of thiophene rings is 1. The Kier molecular flexibility index (Phi) is 2.93. The molecular formula is C12H9F2NOS. The molecule has 0 aliphatic heterocycles. The van der Waals surface area contributed by atoms with Crippen molar-refractivity contribution in [3.05, 3.63) is 51.2 Å². The molecule has 0 aliphatic rings. The van der Waals surface area contributed by atoms with Gasteiger partial charge in [-0.2, -0.15) is 0 Å². The molecule has 0 fully saturated rings. The Morgan fingerprint density at radius 3 is 2.59 bits per heavy atom. The molecule has 88 valence electrons. The van der Waals surface area contributed by atoms with Gasteiger partial charge in [0.1, 0.15) is 5.82 Å². The molecule has 1 aromatic heterocycles. The summed E-state index contributed by atoms with van der Waals surface area (Å²) < 4.78 is 27.1. The van der Waals surface area contributed by atoms with Crippen molar-refractivity contribution in [3.63, 3.8) is 0 Å². The third-order valence-electron chi connectivity index (χ3n) is 2.42. The highest BCUT2D eigenvalue weighted by Crippen LogP contribution is 2.25. The maximum Gasteiger partial charge on any atom is 0.209 e. The summed E-state index contributed by atoms with van der Waals surface area (Å²) in [6.07, 6.45) is 0. The Labute approximate surface area is 101 Å². The Morgan fingerprint density at radius 2 is 2.00 bits per heavy atom. The number of anilines is 1. The second kappa shape index (κ2) is 4.25. The number of rotatable bonds is 2. The molecule has 1 aromatic carbocycles. The topological polar surface area (TPSA) is 43.1 Å².